The van der Waals surface area contributed by atoms with Crippen LogP contribution in [0.3, 0.4) is 0 Å². The lowest BCUT2D eigenvalue weighted by atomic mass is 10.2. The predicted octanol–water partition coefficient (Wildman–Crippen LogP) is 1.57. The number of rotatable bonds is 3. The molecular weight excluding hydrogens is 164 g/mol. The maximum Gasteiger partial charge on any atom is 0.124 e. The zero-order valence-electron chi connectivity index (χ0n) is 7.53. The third-order valence-electron chi connectivity index (χ3n) is 1.53. The third kappa shape index (κ3) is 3.07. The van der Waals surface area contributed by atoms with E-state index in [9.17, 15) is 4.79 Å². The Labute approximate surface area is 77.3 Å². The number of nitrogen functional groups attached to an aromatic ring is 1. The maximum atomic E-state index is 10.0. The van der Waals surface area contributed by atoms with E-state index in [-0.39, 0.29) is 0 Å². The number of carbonyl (C=O) groups is 1. The highest BCUT2D eigenvalue weighted by atomic mass is 16.1. The highest BCUT2D eigenvalue weighted by Gasteiger charge is 1.92. The number of aldehydes is 1. The van der Waals surface area contributed by atoms with E-state index >= 15 is 0 Å². The Bertz CT molecular complexity index is 311. The SMILES string of the molecule is Cc1cc(N)nc(C=CCC=O)c1. The first-order chi connectivity index (χ1) is 6.22. The second kappa shape index (κ2) is 4.40. The van der Waals surface area contributed by atoms with Crippen LogP contribution in [0, 0.1) is 6.92 Å². The number of hydrogen-bond acceptors (Lipinski definition) is 3. The van der Waals surface area contributed by atoms with Gasteiger partial charge in [0.05, 0.1) is 5.69 Å². The number of pyridine rings is 1. The monoisotopic (exact) mass is 176 g/mol. The van der Waals surface area contributed by atoms with Crippen LogP contribution in [0.1, 0.15) is 17.7 Å². The van der Waals surface area contributed by atoms with Crippen molar-refractivity contribution >= 4 is 18.2 Å². The average Bonchev–Trinajstić information content (AvgIpc) is 2.03. The van der Waals surface area contributed by atoms with Crippen LogP contribution in [0.5, 0.6) is 0 Å². The van der Waals surface area contributed by atoms with Crippen molar-refractivity contribution in [1.82, 2.24) is 4.98 Å². The predicted molar refractivity (Wildman–Crippen MR) is 53.1 cm³/mol. The molecule has 0 aromatic carbocycles. The smallest absolute Gasteiger partial charge is 0.124 e. The zero-order chi connectivity index (χ0) is 9.68. The first-order valence-electron chi connectivity index (χ1n) is 4.06. The molecule has 0 unspecified atom stereocenters. The topological polar surface area (TPSA) is 56.0 Å². The molecule has 0 spiro atoms. The standard InChI is InChI=1S/C10H12N2O/c1-8-6-9(4-2-3-5-13)12-10(11)7-8/h2,4-7H,3H2,1H3,(H2,11,12). The Morgan fingerprint density at radius 3 is 2.92 bits per heavy atom. The lowest BCUT2D eigenvalue weighted by molar-refractivity contribution is -0.107. The molecule has 1 heterocycles. The van der Waals surface area contributed by atoms with Gasteiger partial charge in [-0.2, -0.15) is 0 Å². The summed E-state index contributed by atoms with van der Waals surface area (Å²) >= 11 is 0. The van der Waals surface area contributed by atoms with Crippen molar-refractivity contribution in [3.8, 4) is 0 Å². The summed E-state index contributed by atoms with van der Waals surface area (Å²) < 4.78 is 0. The third-order valence-corrected chi connectivity index (χ3v) is 1.53. The van der Waals surface area contributed by atoms with E-state index in [1.54, 1.807) is 18.2 Å². The number of allylic oxidation sites excluding steroid dienone is 1. The van der Waals surface area contributed by atoms with Gasteiger partial charge >= 0.3 is 0 Å². The van der Waals surface area contributed by atoms with E-state index in [2.05, 4.69) is 4.98 Å². The van der Waals surface area contributed by atoms with Crippen molar-refractivity contribution in [1.29, 1.82) is 0 Å². The van der Waals surface area contributed by atoms with Gasteiger partial charge in [0, 0.05) is 6.42 Å². The van der Waals surface area contributed by atoms with E-state index < -0.39 is 0 Å². The van der Waals surface area contributed by atoms with Gasteiger partial charge in [0.1, 0.15) is 12.1 Å². The highest BCUT2D eigenvalue weighted by Crippen LogP contribution is 2.07. The fourth-order valence-electron chi connectivity index (χ4n) is 1.05. The van der Waals surface area contributed by atoms with Crippen molar-refractivity contribution in [3.05, 3.63) is 29.5 Å². The van der Waals surface area contributed by atoms with Gasteiger partial charge in [-0.1, -0.05) is 6.08 Å². The van der Waals surface area contributed by atoms with E-state index in [0.717, 1.165) is 17.5 Å². The van der Waals surface area contributed by atoms with Gasteiger partial charge in [0.2, 0.25) is 0 Å². The van der Waals surface area contributed by atoms with Crippen LogP contribution in [0.2, 0.25) is 0 Å². The van der Waals surface area contributed by atoms with E-state index in [0.29, 0.717) is 12.2 Å². The molecule has 0 aliphatic rings. The van der Waals surface area contributed by atoms with Crippen LogP contribution in [-0.2, 0) is 4.79 Å². The van der Waals surface area contributed by atoms with Gasteiger partial charge in [0.15, 0.2) is 0 Å². The van der Waals surface area contributed by atoms with Crippen LogP contribution in [0.15, 0.2) is 18.2 Å². The van der Waals surface area contributed by atoms with Crippen LogP contribution in [0.25, 0.3) is 6.08 Å². The molecule has 1 aromatic rings. The summed E-state index contributed by atoms with van der Waals surface area (Å²) in [6, 6.07) is 3.72. The van der Waals surface area contributed by atoms with E-state index in [1.165, 1.54) is 0 Å². The minimum Gasteiger partial charge on any atom is -0.384 e. The first-order valence-corrected chi connectivity index (χ1v) is 4.06. The molecule has 0 aliphatic carbocycles. The first kappa shape index (κ1) is 9.45. The lowest BCUT2D eigenvalue weighted by Gasteiger charge is -1.97. The molecule has 1 aromatic heterocycles. The zero-order valence-corrected chi connectivity index (χ0v) is 7.53. The minimum absolute atomic E-state index is 0.412. The number of carbonyl (C=O) groups excluding carboxylic acids is 1. The van der Waals surface area contributed by atoms with E-state index in [1.807, 2.05) is 13.0 Å². The number of anilines is 1. The second-order valence-electron chi connectivity index (χ2n) is 2.80. The normalized spacial score (nSPS) is 10.5. The van der Waals surface area contributed by atoms with Gasteiger partial charge in [-0.3, -0.25) is 0 Å². The molecule has 3 nitrogen and oxygen atoms in total. The van der Waals surface area contributed by atoms with Gasteiger partial charge < -0.3 is 10.5 Å². The Hall–Kier alpha value is -1.64. The summed E-state index contributed by atoms with van der Waals surface area (Å²) in [7, 11) is 0. The fourth-order valence-corrected chi connectivity index (χ4v) is 1.05. The average molecular weight is 176 g/mol. The second-order valence-corrected chi connectivity index (χ2v) is 2.80. The number of nitrogens with two attached hydrogens (primary N) is 1. The molecule has 2 N–H and O–H groups in total. The van der Waals surface area contributed by atoms with Crippen LogP contribution < -0.4 is 5.73 Å². The molecule has 0 saturated heterocycles. The summed E-state index contributed by atoms with van der Waals surface area (Å²) in [5.41, 5.74) is 7.41. The molecule has 0 amide bonds. The quantitative estimate of drug-likeness (QED) is 0.711. The van der Waals surface area contributed by atoms with Crippen LogP contribution in [0.4, 0.5) is 5.82 Å². The molecule has 0 aliphatic heterocycles. The number of hydrogen-bond donors (Lipinski definition) is 1. The number of aromatic nitrogens is 1. The van der Waals surface area contributed by atoms with Gasteiger partial charge in [-0.25, -0.2) is 4.98 Å². The maximum absolute atomic E-state index is 10.0. The summed E-state index contributed by atoms with van der Waals surface area (Å²) in [4.78, 5) is 14.1. The Kier molecular flexibility index (Phi) is 3.20. The molecule has 0 bridgehead atoms. The minimum atomic E-state index is 0.412. The Morgan fingerprint density at radius 2 is 2.31 bits per heavy atom. The van der Waals surface area contributed by atoms with Crippen molar-refractivity contribution < 1.29 is 4.79 Å². The highest BCUT2D eigenvalue weighted by molar-refractivity contribution is 5.57. The summed E-state index contributed by atoms with van der Waals surface area (Å²) in [6.07, 6.45) is 4.80. The summed E-state index contributed by atoms with van der Waals surface area (Å²) in [6.45, 7) is 1.95. The lowest BCUT2D eigenvalue weighted by Crippen LogP contribution is -1.92. The van der Waals surface area contributed by atoms with Crippen molar-refractivity contribution in [3.63, 3.8) is 0 Å². The van der Waals surface area contributed by atoms with Gasteiger partial charge in [-0.15, -0.1) is 0 Å². The van der Waals surface area contributed by atoms with E-state index in [4.69, 9.17) is 5.73 Å². The molecule has 0 atom stereocenters. The molecule has 68 valence electrons. The van der Waals surface area contributed by atoms with Crippen LogP contribution in [-0.4, -0.2) is 11.3 Å². The molecule has 13 heavy (non-hydrogen) atoms. The molecule has 1 rings (SSSR count). The van der Waals surface area contributed by atoms with Crippen molar-refractivity contribution in [2.45, 2.75) is 13.3 Å². The molecule has 0 radical (unpaired) electrons. The molecular formula is C10H12N2O. The molecule has 0 fully saturated rings. The Balaban J connectivity index is 2.82. The number of aryl methyl sites for hydroxylation is 1. The molecule has 3 heteroatoms. The number of nitrogens with zero attached hydrogens (tertiary/aromatic N) is 1. The van der Waals surface area contributed by atoms with Gasteiger partial charge in [0.25, 0.3) is 0 Å². The summed E-state index contributed by atoms with van der Waals surface area (Å²) in [5.74, 6) is 0.505. The van der Waals surface area contributed by atoms with Crippen molar-refractivity contribution in [2.24, 2.45) is 0 Å². The fraction of sp³-hybridized carbons (Fsp3) is 0.200. The molecule has 0 saturated carbocycles. The van der Waals surface area contributed by atoms with Crippen molar-refractivity contribution in [2.75, 3.05) is 5.73 Å². The largest absolute Gasteiger partial charge is 0.384 e. The van der Waals surface area contributed by atoms with Gasteiger partial charge in [-0.05, 0) is 30.7 Å². The van der Waals surface area contributed by atoms with Crippen LogP contribution >= 0.6 is 0 Å². The Morgan fingerprint density at radius 1 is 1.54 bits per heavy atom. The summed E-state index contributed by atoms with van der Waals surface area (Å²) in [5, 5.41) is 0.